The van der Waals surface area contributed by atoms with Crippen LogP contribution in [0.3, 0.4) is 0 Å². The summed E-state index contributed by atoms with van der Waals surface area (Å²) >= 11 is 0. The topological polar surface area (TPSA) is 32.7 Å². The largest absolute Gasteiger partial charge is 0.374 e. The molecule has 1 heterocycles. The Balaban J connectivity index is 2.01. The van der Waals surface area contributed by atoms with Crippen LogP contribution in [0.4, 0.5) is 0 Å². The predicted octanol–water partition coefficient (Wildman–Crippen LogP) is 3.47. The number of rotatable bonds is 8. The second kappa shape index (κ2) is 8.06. The van der Waals surface area contributed by atoms with Crippen molar-refractivity contribution in [1.82, 2.24) is 5.06 Å². The number of unbranched alkanes of at least 4 members (excludes halogenated alkanes) is 5. The van der Waals surface area contributed by atoms with E-state index in [2.05, 4.69) is 6.92 Å². The van der Waals surface area contributed by atoms with E-state index in [9.17, 15) is 5.11 Å². The van der Waals surface area contributed by atoms with Gasteiger partial charge in [0.1, 0.15) is 5.72 Å². The highest BCUT2D eigenvalue weighted by molar-refractivity contribution is 4.74. The Morgan fingerprint density at radius 2 is 1.82 bits per heavy atom. The highest BCUT2D eigenvalue weighted by Crippen LogP contribution is 2.25. The highest BCUT2D eigenvalue weighted by Gasteiger charge is 2.32. The van der Waals surface area contributed by atoms with Crippen molar-refractivity contribution in [2.75, 3.05) is 13.2 Å². The van der Waals surface area contributed by atoms with E-state index < -0.39 is 5.72 Å². The molecule has 0 saturated carbocycles. The summed E-state index contributed by atoms with van der Waals surface area (Å²) in [6.07, 6.45) is 10.7. The van der Waals surface area contributed by atoms with Gasteiger partial charge in [0.2, 0.25) is 0 Å². The van der Waals surface area contributed by atoms with Gasteiger partial charge < -0.3 is 5.11 Å². The monoisotopic (exact) mass is 243 g/mol. The molecule has 1 aliphatic heterocycles. The van der Waals surface area contributed by atoms with Crippen molar-refractivity contribution < 1.29 is 9.94 Å². The van der Waals surface area contributed by atoms with Gasteiger partial charge in [-0.2, -0.15) is 5.06 Å². The average Bonchev–Trinajstić information content (AvgIpc) is 2.29. The van der Waals surface area contributed by atoms with Gasteiger partial charge in [-0.1, -0.05) is 39.0 Å². The molecule has 1 rings (SSSR count). The van der Waals surface area contributed by atoms with E-state index in [1.54, 1.807) is 5.06 Å². The Morgan fingerprint density at radius 3 is 2.53 bits per heavy atom. The van der Waals surface area contributed by atoms with Gasteiger partial charge >= 0.3 is 0 Å². The maximum Gasteiger partial charge on any atom is 0.137 e. The molecule has 0 aromatic heterocycles. The van der Waals surface area contributed by atoms with Gasteiger partial charge in [0.05, 0.1) is 6.61 Å². The summed E-state index contributed by atoms with van der Waals surface area (Å²) in [4.78, 5) is 5.69. The molecule has 0 aromatic carbocycles. The molecule has 1 saturated heterocycles. The van der Waals surface area contributed by atoms with E-state index in [1.807, 2.05) is 6.92 Å². The third-order valence-electron chi connectivity index (χ3n) is 3.54. The lowest BCUT2D eigenvalue weighted by Crippen LogP contribution is -2.49. The summed E-state index contributed by atoms with van der Waals surface area (Å²) in [5.41, 5.74) is -0.750. The third-order valence-corrected chi connectivity index (χ3v) is 3.54. The van der Waals surface area contributed by atoms with Crippen LogP contribution in [-0.2, 0) is 4.84 Å². The van der Waals surface area contributed by atoms with Gasteiger partial charge in [-0.3, -0.25) is 4.84 Å². The zero-order valence-corrected chi connectivity index (χ0v) is 11.6. The number of hydroxylamine groups is 2. The Bertz CT molecular complexity index is 195. The average molecular weight is 243 g/mol. The molecular weight excluding hydrogens is 214 g/mol. The Labute approximate surface area is 106 Å². The maximum atomic E-state index is 10.1. The Morgan fingerprint density at radius 1 is 1.12 bits per heavy atom. The SMILES string of the molecule is CCCCCCCCON1CCCCC1(C)O. The van der Waals surface area contributed by atoms with E-state index in [0.717, 1.165) is 38.8 Å². The van der Waals surface area contributed by atoms with Crippen LogP contribution in [0, 0.1) is 0 Å². The molecule has 0 aromatic rings. The van der Waals surface area contributed by atoms with Crippen LogP contribution in [0.15, 0.2) is 0 Å². The van der Waals surface area contributed by atoms with E-state index in [-0.39, 0.29) is 0 Å². The van der Waals surface area contributed by atoms with E-state index in [0.29, 0.717) is 0 Å². The van der Waals surface area contributed by atoms with Crippen LogP contribution < -0.4 is 0 Å². The summed E-state index contributed by atoms with van der Waals surface area (Å²) in [5.74, 6) is 0. The lowest BCUT2D eigenvalue weighted by molar-refractivity contribution is -0.299. The molecule has 1 atom stereocenters. The first-order chi connectivity index (χ1) is 8.17. The first kappa shape index (κ1) is 14.9. The van der Waals surface area contributed by atoms with Crippen molar-refractivity contribution >= 4 is 0 Å². The van der Waals surface area contributed by atoms with Crippen molar-refractivity contribution in [1.29, 1.82) is 0 Å². The van der Waals surface area contributed by atoms with Gasteiger partial charge in [0, 0.05) is 6.54 Å². The maximum absolute atomic E-state index is 10.1. The lowest BCUT2D eigenvalue weighted by Gasteiger charge is -2.39. The number of nitrogens with zero attached hydrogens (tertiary/aromatic N) is 1. The van der Waals surface area contributed by atoms with E-state index in [1.165, 1.54) is 32.1 Å². The minimum Gasteiger partial charge on any atom is -0.374 e. The van der Waals surface area contributed by atoms with Crippen molar-refractivity contribution in [2.24, 2.45) is 0 Å². The van der Waals surface area contributed by atoms with Gasteiger partial charge in [-0.25, -0.2) is 0 Å². The molecule has 1 N–H and O–H groups in total. The number of piperidine rings is 1. The van der Waals surface area contributed by atoms with Gasteiger partial charge in [-0.15, -0.1) is 0 Å². The molecule has 0 aliphatic carbocycles. The standard InChI is InChI=1S/C14H29NO2/c1-3-4-5-6-7-10-13-17-15-12-9-8-11-14(15,2)16/h16H,3-13H2,1-2H3. The molecule has 3 heteroatoms. The van der Waals surface area contributed by atoms with Crippen LogP contribution in [0.1, 0.15) is 71.6 Å². The van der Waals surface area contributed by atoms with Crippen LogP contribution >= 0.6 is 0 Å². The molecule has 1 aliphatic rings. The molecule has 0 amide bonds. The second-order valence-electron chi connectivity index (χ2n) is 5.38. The van der Waals surface area contributed by atoms with E-state index in [4.69, 9.17) is 4.84 Å². The smallest absolute Gasteiger partial charge is 0.137 e. The lowest BCUT2D eigenvalue weighted by atomic mass is 10.0. The van der Waals surface area contributed by atoms with E-state index >= 15 is 0 Å². The molecule has 1 unspecified atom stereocenters. The molecule has 3 nitrogen and oxygen atoms in total. The van der Waals surface area contributed by atoms with Crippen molar-refractivity contribution in [3.05, 3.63) is 0 Å². The fourth-order valence-corrected chi connectivity index (χ4v) is 2.34. The summed E-state index contributed by atoms with van der Waals surface area (Å²) in [5, 5.41) is 11.9. The normalized spacial score (nSPS) is 26.3. The van der Waals surface area contributed by atoms with Gasteiger partial charge in [-0.05, 0) is 32.6 Å². The summed E-state index contributed by atoms with van der Waals surface area (Å²) < 4.78 is 0. The molecule has 0 radical (unpaired) electrons. The van der Waals surface area contributed by atoms with Crippen LogP contribution in [0.25, 0.3) is 0 Å². The molecule has 1 fully saturated rings. The summed E-state index contributed by atoms with van der Waals surface area (Å²) in [7, 11) is 0. The van der Waals surface area contributed by atoms with Gasteiger partial charge in [0.25, 0.3) is 0 Å². The number of hydrogen-bond donors (Lipinski definition) is 1. The van der Waals surface area contributed by atoms with Crippen LogP contribution in [0.2, 0.25) is 0 Å². The molecule has 17 heavy (non-hydrogen) atoms. The van der Waals surface area contributed by atoms with Gasteiger partial charge in [0.15, 0.2) is 0 Å². The Hall–Kier alpha value is -0.120. The first-order valence-corrected chi connectivity index (χ1v) is 7.30. The highest BCUT2D eigenvalue weighted by atomic mass is 16.7. The molecule has 0 bridgehead atoms. The second-order valence-corrected chi connectivity index (χ2v) is 5.38. The number of aliphatic hydroxyl groups is 1. The number of hydrogen-bond acceptors (Lipinski definition) is 3. The fraction of sp³-hybridized carbons (Fsp3) is 1.00. The summed E-state index contributed by atoms with van der Waals surface area (Å²) in [6.45, 7) is 5.71. The summed E-state index contributed by atoms with van der Waals surface area (Å²) in [6, 6.07) is 0. The minimum absolute atomic E-state index is 0.750. The Kier molecular flexibility index (Phi) is 7.09. The molecular formula is C14H29NO2. The van der Waals surface area contributed by atoms with Crippen molar-refractivity contribution in [3.8, 4) is 0 Å². The zero-order chi connectivity index (χ0) is 12.6. The van der Waals surface area contributed by atoms with Crippen molar-refractivity contribution in [3.63, 3.8) is 0 Å². The first-order valence-electron chi connectivity index (χ1n) is 7.30. The minimum atomic E-state index is -0.750. The third kappa shape index (κ3) is 5.84. The fourth-order valence-electron chi connectivity index (χ4n) is 2.34. The molecule has 0 spiro atoms. The predicted molar refractivity (Wildman–Crippen MR) is 70.5 cm³/mol. The quantitative estimate of drug-likeness (QED) is 0.663. The van der Waals surface area contributed by atoms with Crippen molar-refractivity contribution in [2.45, 2.75) is 77.4 Å². The van der Waals surface area contributed by atoms with Crippen LogP contribution in [0.5, 0.6) is 0 Å². The van der Waals surface area contributed by atoms with Crippen LogP contribution in [-0.4, -0.2) is 29.0 Å². The zero-order valence-electron chi connectivity index (χ0n) is 11.6. The molecule has 102 valence electrons.